The van der Waals surface area contributed by atoms with E-state index in [-0.39, 0.29) is 0 Å². The van der Waals surface area contributed by atoms with Gasteiger partial charge in [-0.3, -0.25) is 0 Å². The summed E-state index contributed by atoms with van der Waals surface area (Å²) >= 11 is 0. The third-order valence-electron chi connectivity index (χ3n) is 2.34. The molecule has 0 atom stereocenters. The molecule has 0 aromatic carbocycles. The maximum Gasteiger partial charge on any atom is 0.131 e. The average Bonchev–Trinajstić information content (AvgIpc) is 2.17. The predicted molar refractivity (Wildman–Crippen MR) is 51.5 cm³/mol. The number of rotatable bonds is 1. The van der Waals surface area contributed by atoms with Crippen molar-refractivity contribution in [1.82, 2.24) is 15.3 Å². The molecule has 0 spiro atoms. The molecule has 1 aliphatic rings. The molecule has 13 heavy (non-hydrogen) atoms. The Bertz CT molecular complexity index is 307. The summed E-state index contributed by atoms with van der Waals surface area (Å²) in [6.45, 7) is 6.22. The monoisotopic (exact) mass is 177 g/mol. The zero-order valence-corrected chi connectivity index (χ0v) is 8.17. The molecule has 2 heterocycles. The first kappa shape index (κ1) is 8.63. The molecule has 0 saturated heterocycles. The van der Waals surface area contributed by atoms with Crippen molar-refractivity contribution in [2.45, 2.75) is 32.7 Å². The molecule has 0 radical (unpaired) electrons. The van der Waals surface area contributed by atoms with E-state index in [0.29, 0.717) is 5.92 Å². The standard InChI is InChI=1S/C10H15N3/c1-7(2)10-12-6-8-5-11-4-3-9(8)13-10/h6-7,11H,3-5H2,1-2H3. The SMILES string of the molecule is CC(C)c1ncc2c(n1)CCNC2. The number of aromatic nitrogens is 2. The molecule has 1 aromatic heterocycles. The Balaban J connectivity index is 2.35. The Morgan fingerprint density at radius 2 is 2.31 bits per heavy atom. The molecule has 0 fully saturated rings. The minimum Gasteiger partial charge on any atom is -0.312 e. The maximum atomic E-state index is 4.56. The molecule has 0 amide bonds. The van der Waals surface area contributed by atoms with Crippen molar-refractivity contribution in [3.8, 4) is 0 Å². The van der Waals surface area contributed by atoms with Crippen molar-refractivity contribution < 1.29 is 0 Å². The van der Waals surface area contributed by atoms with Crippen LogP contribution in [0.2, 0.25) is 0 Å². The first-order valence-electron chi connectivity index (χ1n) is 4.83. The van der Waals surface area contributed by atoms with Gasteiger partial charge in [0, 0.05) is 42.9 Å². The van der Waals surface area contributed by atoms with Crippen molar-refractivity contribution in [2.24, 2.45) is 0 Å². The van der Waals surface area contributed by atoms with Crippen LogP contribution in [0.5, 0.6) is 0 Å². The van der Waals surface area contributed by atoms with Crippen molar-refractivity contribution in [1.29, 1.82) is 0 Å². The normalized spacial score (nSPS) is 15.9. The third kappa shape index (κ3) is 1.70. The summed E-state index contributed by atoms with van der Waals surface area (Å²) in [5.74, 6) is 1.40. The number of hydrogen-bond acceptors (Lipinski definition) is 3. The second-order valence-corrected chi connectivity index (χ2v) is 3.78. The van der Waals surface area contributed by atoms with Gasteiger partial charge in [0.05, 0.1) is 0 Å². The van der Waals surface area contributed by atoms with E-state index in [4.69, 9.17) is 0 Å². The van der Waals surface area contributed by atoms with Gasteiger partial charge in [-0.05, 0) is 0 Å². The van der Waals surface area contributed by atoms with Crippen LogP contribution in [-0.2, 0) is 13.0 Å². The zero-order valence-electron chi connectivity index (χ0n) is 8.17. The summed E-state index contributed by atoms with van der Waals surface area (Å²) in [6.07, 6.45) is 3.00. The molecule has 2 rings (SSSR count). The van der Waals surface area contributed by atoms with Gasteiger partial charge in [0.15, 0.2) is 0 Å². The van der Waals surface area contributed by atoms with Crippen molar-refractivity contribution in [3.63, 3.8) is 0 Å². The largest absolute Gasteiger partial charge is 0.312 e. The molecule has 1 N–H and O–H groups in total. The van der Waals surface area contributed by atoms with Gasteiger partial charge >= 0.3 is 0 Å². The lowest BCUT2D eigenvalue weighted by atomic mass is 10.1. The minimum absolute atomic E-state index is 0.431. The van der Waals surface area contributed by atoms with Crippen LogP contribution in [0.1, 0.15) is 36.8 Å². The number of nitrogens with zero attached hydrogens (tertiary/aromatic N) is 2. The topological polar surface area (TPSA) is 37.8 Å². The van der Waals surface area contributed by atoms with Gasteiger partial charge in [0.1, 0.15) is 5.82 Å². The van der Waals surface area contributed by atoms with Gasteiger partial charge in [-0.25, -0.2) is 9.97 Å². The summed E-state index contributed by atoms with van der Waals surface area (Å²) < 4.78 is 0. The summed E-state index contributed by atoms with van der Waals surface area (Å²) in [5, 5.41) is 3.31. The van der Waals surface area contributed by atoms with Crippen LogP contribution in [0.15, 0.2) is 6.20 Å². The highest BCUT2D eigenvalue weighted by atomic mass is 14.9. The molecule has 0 saturated carbocycles. The van der Waals surface area contributed by atoms with Crippen LogP contribution in [0.25, 0.3) is 0 Å². The Hall–Kier alpha value is -0.960. The van der Waals surface area contributed by atoms with Gasteiger partial charge < -0.3 is 5.32 Å². The fourth-order valence-corrected chi connectivity index (χ4v) is 1.53. The number of hydrogen-bond donors (Lipinski definition) is 1. The lowest BCUT2D eigenvalue weighted by Gasteiger charge is -2.16. The van der Waals surface area contributed by atoms with Crippen LogP contribution < -0.4 is 5.32 Å². The predicted octanol–water partition coefficient (Wildman–Crippen LogP) is 1.25. The van der Waals surface area contributed by atoms with E-state index >= 15 is 0 Å². The van der Waals surface area contributed by atoms with E-state index in [0.717, 1.165) is 25.3 Å². The van der Waals surface area contributed by atoms with Crippen LogP contribution >= 0.6 is 0 Å². The first-order chi connectivity index (χ1) is 6.27. The molecule has 1 aliphatic heterocycles. The zero-order chi connectivity index (χ0) is 9.26. The fourth-order valence-electron chi connectivity index (χ4n) is 1.53. The van der Waals surface area contributed by atoms with E-state index < -0.39 is 0 Å². The Morgan fingerprint density at radius 1 is 1.46 bits per heavy atom. The molecular weight excluding hydrogens is 162 g/mol. The second kappa shape index (κ2) is 3.42. The highest BCUT2D eigenvalue weighted by Crippen LogP contribution is 2.14. The van der Waals surface area contributed by atoms with E-state index in [1.165, 1.54) is 11.3 Å². The molecule has 70 valence electrons. The Labute approximate surface area is 78.6 Å². The Morgan fingerprint density at radius 3 is 3.08 bits per heavy atom. The first-order valence-corrected chi connectivity index (χ1v) is 4.83. The Kier molecular flexibility index (Phi) is 2.27. The van der Waals surface area contributed by atoms with Gasteiger partial charge in [0.25, 0.3) is 0 Å². The van der Waals surface area contributed by atoms with E-state index in [1.54, 1.807) is 0 Å². The van der Waals surface area contributed by atoms with E-state index in [1.807, 2.05) is 6.20 Å². The van der Waals surface area contributed by atoms with Gasteiger partial charge in [-0.1, -0.05) is 13.8 Å². The molecular formula is C10H15N3. The smallest absolute Gasteiger partial charge is 0.131 e. The highest BCUT2D eigenvalue weighted by Gasteiger charge is 2.12. The summed E-state index contributed by atoms with van der Waals surface area (Å²) in [6, 6.07) is 0. The molecule has 0 unspecified atom stereocenters. The number of fused-ring (bicyclic) bond motifs is 1. The van der Waals surface area contributed by atoms with Crippen LogP contribution in [0.3, 0.4) is 0 Å². The molecule has 3 heteroatoms. The summed E-state index contributed by atoms with van der Waals surface area (Å²) in [7, 11) is 0. The number of nitrogens with one attached hydrogen (secondary N) is 1. The maximum absolute atomic E-state index is 4.56. The molecule has 0 bridgehead atoms. The summed E-state index contributed by atoms with van der Waals surface area (Å²) in [5.41, 5.74) is 2.49. The van der Waals surface area contributed by atoms with Crippen LogP contribution in [0, 0.1) is 0 Å². The van der Waals surface area contributed by atoms with E-state index in [2.05, 4.69) is 29.1 Å². The van der Waals surface area contributed by atoms with E-state index in [9.17, 15) is 0 Å². The van der Waals surface area contributed by atoms with Crippen LogP contribution in [-0.4, -0.2) is 16.5 Å². The second-order valence-electron chi connectivity index (χ2n) is 3.78. The average molecular weight is 177 g/mol. The molecule has 1 aromatic rings. The van der Waals surface area contributed by atoms with Gasteiger partial charge in [-0.15, -0.1) is 0 Å². The third-order valence-corrected chi connectivity index (χ3v) is 2.34. The lowest BCUT2D eigenvalue weighted by Crippen LogP contribution is -2.25. The summed E-state index contributed by atoms with van der Waals surface area (Å²) in [4.78, 5) is 8.90. The highest BCUT2D eigenvalue weighted by molar-refractivity contribution is 5.20. The lowest BCUT2D eigenvalue weighted by molar-refractivity contribution is 0.614. The van der Waals surface area contributed by atoms with Crippen molar-refractivity contribution in [2.75, 3.05) is 6.54 Å². The van der Waals surface area contributed by atoms with Gasteiger partial charge in [0.2, 0.25) is 0 Å². The van der Waals surface area contributed by atoms with Crippen molar-refractivity contribution >= 4 is 0 Å². The fraction of sp³-hybridized carbons (Fsp3) is 0.600. The van der Waals surface area contributed by atoms with Crippen molar-refractivity contribution in [3.05, 3.63) is 23.3 Å². The molecule has 0 aliphatic carbocycles. The minimum atomic E-state index is 0.431. The molecule has 3 nitrogen and oxygen atoms in total. The van der Waals surface area contributed by atoms with Gasteiger partial charge in [-0.2, -0.15) is 0 Å². The van der Waals surface area contributed by atoms with Crippen LogP contribution in [0.4, 0.5) is 0 Å². The quantitative estimate of drug-likeness (QED) is 0.701.